The van der Waals surface area contributed by atoms with E-state index in [0.29, 0.717) is 0 Å². The van der Waals surface area contributed by atoms with Crippen molar-refractivity contribution in [2.24, 2.45) is 0 Å². The van der Waals surface area contributed by atoms with Crippen LogP contribution < -0.4 is 0 Å². The van der Waals surface area contributed by atoms with Gasteiger partial charge < -0.3 is 4.74 Å². The van der Waals surface area contributed by atoms with Gasteiger partial charge in [0.25, 0.3) is 10.1 Å². The van der Waals surface area contributed by atoms with Crippen LogP contribution in [0.3, 0.4) is 0 Å². The summed E-state index contributed by atoms with van der Waals surface area (Å²) in [6, 6.07) is 4.68. The number of carbonyl (C=O) groups is 1. The molecule has 0 radical (unpaired) electrons. The third-order valence-electron chi connectivity index (χ3n) is 1.90. The molecule has 1 N–H and O–H groups in total. The lowest BCUT2D eigenvalue weighted by Crippen LogP contribution is -2.14. The molecule has 0 bridgehead atoms. The maximum atomic E-state index is 13.2. The summed E-state index contributed by atoms with van der Waals surface area (Å²) >= 11 is 0. The Bertz CT molecular complexity index is 605. The Balaban J connectivity index is 2.69. The number of ether oxygens (including phenoxy) is 1. The first-order valence-electron chi connectivity index (χ1n) is 4.65. The number of nitriles is 1. The lowest BCUT2D eigenvalue weighted by atomic mass is 10.1. The molecule has 1 aromatic carbocycles. The molecule has 18 heavy (non-hydrogen) atoms. The van der Waals surface area contributed by atoms with Crippen LogP contribution >= 0.6 is 0 Å². The average molecular weight is 273 g/mol. The minimum absolute atomic E-state index is 0.151. The monoisotopic (exact) mass is 273 g/mol. The number of carbonyl (C=O) groups excluding carboxylic acids is 1. The van der Waals surface area contributed by atoms with E-state index >= 15 is 0 Å². The van der Waals surface area contributed by atoms with Crippen molar-refractivity contribution < 1.29 is 26.9 Å². The quantitative estimate of drug-likeness (QED) is 0.641. The van der Waals surface area contributed by atoms with E-state index in [1.807, 2.05) is 0 Å². The maximum Gasteiger partial charge on any atom is 0.338 e. The van der Waals surface area contributed by atoms with Gasteiger partial charge in [0.15, 0.2) is 0 Å². The summed E-state index contributed by atoms with van der Waals surface area (Å²) in [6.07, 6.45) is 0. The van der Waals surface area contributed by atoms with Crippen LogP contribution in [-0.2, 0) is 14.9 Å². The molecule has 0 amide bonds. The molecule has 0 aromatic heterocycles. The molecule has 0 spiro atoms. The lowest BCUT2D eigenvalue weighted by Gasteiger charge is -2.04. The van der Waals surface area contributed by atoms with Gasteiger partial charge in [-0.1, -0.05) is 0 Å². The third-order valence-corrected chi connectivity index (χ3v) is 2.58. The lowest BCUT2D eigenvalue weighted by molar-refractivity contribution is 0.0527. The average Bonchev–Trinajstić information content (AvgIpc) is 2.27. The summed E-state index contributed by atoms with van der Waals surface area (Å²) in [5, 5.41) is 8.48. The van der Waals surface area contributed by atoms with Crippen LogP contribution in [0.4, 0.5) is 4.39 Å². The molecule has 0 aliphatic rings. The molecule has 0 aliphatic carbocycles. The van der Waals surface area contributed by atoms with Gasteiger partial charge in [0.1, 0.15) is 24.2 Å². The molecule has 1 aromatic rings. The maximum absolute atomic E-state index is 13.2. The predicted octanol–water partition coefficient (Wildman–Crippen LogP) is 0.742. The molecule has 0 saturated carbocycles. The molecular weight excluding hydrogens is 265 g/mol. The van der Waals surface area contributed by atoms with E-state index in [9.17, 15) is 17.6 Å². The van der Waals surface area contributed by atoms with Crippen molar-refractivity contribution in [3.8, 4) is 6.07 Å². The smallest absolute Gasteiger partial charge is 0.338 e. The van der Waals surface area contributed by atoms with Crippen molar-refractivity contribution in [1.82, 2.24) is 0 Å². The summed E-state index contributed by atoms with van der Waals surface area (Å²) in [4.78, 5) is 11.3. The standard InChI is InChI=1S/C10H8FNO5S/c11-9-5-7(1-2-8(9)6-12)10(13)17-3-4-18(14,15)16/h1-2,5H,3-4H2,(H,14,15,16). The Kier molecular flexibility index (Phi) is 4.36. The van der Waals surface area contributed by atoms with Crippen molar-refractivity contribution in [1.29, 1.82) is 5.26 Å². The zero-order valence-electron chi connectivity index (χ0n) is 8.96. The largest absolute Gasteiger partial charge is 0.461 e. The molecule has 6 nitrogen and oxygen atoms in total. The van der Waals surface area contributed by atoms with Gasteiger partial charge >= 0.3 is 5.97 Å². The number of hydrogen-bond acceptors (Lipinski definition) is 5. The second kappa shape index (κ2) is 5.57. The number of benzene rings is 1. The molecule has 8 heteroatoms. The highest BCUT2D eigenvalue weighted by Gasteiger charge is 2.12. The molecule has 0 heterocycles. The van der Waals surface area contributed by atoms with Gasteiger partial charge in [-0.05, 0) is 18.2 Å². The fraction of sp³-hybridized carbons (Fsp3) is 0.200. The van der Waals surface area contributed by atoms with Crippen molar-refractivity contribution >= 4 is 16.1 Å². The third kappa shape index (κ3) is 4.12. The molecule has 0 fully saturated rings. The Labute approximate surface area is 102 Å². The summed E-state index contributed by atoms with van der Waals surface area (Å²) in [6.45, 7) is -0.542. The van der Waals surface area contributed by atoms with Gasteiger partial charge in [-0.2, -0.15) is 13.7 Å². The summed E-state index contributed by atoms with van der Waals surface area (Å²) < 4.78 is 46.8. The second-order valence-corrected chi connectivity index (χ2v) is 4.80. The highest BCUT2D eigenvalue weighted by molar-refractivity contribution is 7.85. The fourth-order valence-corrected chi connectivity index (χ4v) is 1.35. The molecular formula is C10H8FNO5S. The zero-order chi connectivity index (χ0) is 13.8. The van der Waals surface area contributed by atoms with Crippen molar-refractivity contribution in [2.45, 2.75) is 0 Å². The molecule has 0 saturated heterocycles. The van der Waals surface area contributed by atoms with Crippen LogP contribution in [0.1, 0.15) is 15.9 Å². The second-order valence-electron chi connectivity index (χ2n) is 3.23. The number of rotatable bonds is 4. The summed E-state index contributed by atoms with van der Waals surface area (Å²) in [5.41, 5.74) is -0.369. The van der Waals surface area contributed by atoms with Crippen molar-refractivity contribution in [3.63, 3.8) is 0 Å². The Morgan fingerprint density at radius 3 is 2.67 bits per heavy atom. The Morgan fingerprint density at radius 2 is 2.17 bits per heavy atom. The first kappa shape index (κ1) is 14.1. The van der Waals surface area contributed by atoms with Crippen molar-refractivity contribution in [2.75, 3.05) is 12.4 Å². The SMILES string of the molecule is N#Cc1ccc(C(=O)OCCS(=O)(=O)O)cc1F. The van der Waals surface area contributed by atoms with E-state index < -0.39 is 34.3 Å². The van der Waals surface area contributed by atoms with Gasteiger partial charge in [0.05, 0.1) is 11.1 Å². The predicted molar refractivity (Wildman–Crippen MR) is 57.8 cm³/mol. The van der Waals surface area contributed by atoms with Gasteiger partial charge in [0.2, 0.25) is 0 Å². The fourth-order valence-electron chi connectivity index (χ4n) is 1.06. The van der Waals surface area contributed by atoms with E-state index in [0.717, 1.165) is 12.1 Å². The summed E-state index contributed by atoms with van der Waals surface area (Å²) in [5.74, 6) is -2.55. The van der Waals surface area contributed by atoms with Gasteiger partial charge in [-0.3, -0.25) is 4.55 Å². The van der Waals surface area contributed by atoms with Crippen LogP contribution in [0.15, 0.2) is 18.2 Å². The van der Waals surface area contributed by atoms with Gasteiger partial charge in [0, 0.05) is 0 Å². The number of esters is 1. The van der Waals surface area contributed by atoms with Crippen LogP contribution in [-0.4, -0.2) is 31.3 Å². The highest BCUT2D eigenvalue weighted by Crippen LogP contribution is 2.10. The van der Waals surface area contributed by atoms with Crippen LogP contribution in [0.2, 0.25) is 0 Å². The first-order valence-corrected chi connectivity index (χ1v) is 6.26. The molecule has 1 rings (SSSR count). The van der Waals surface area contributed by atoms with E-state index in [-0.39, 0.29) is 11.1 Å². The minimum Gasteiger partial charge on any atom is -0.461 e. The number of halogens is 1. The van der Waals surface area contributed by atoms with Crippen LogP contribution in [0.25, 0.3) is 0 Å². The Morgan fingerprint density at radius 1 is 1.50 bits per heavy atom. The van der Waals surface area contributed by atoms with E-state index in [2.05, 4.69) is 4.74 Å². The van der Waals surface area contributed by atoms with E-state index in [4.69, 9.17) is 9.81 Å². The zero-order valence-corrected chi connectivity index (χ0v) is 9.78. The highest BCUT2D eigenvalue weighted by atomic mass is 32.2. The van der Waals surface area contributed by atoms with Crippen LogP contribution in [0, 0.1) is 17.1 Å². The number of nitrogens with zero attached hydrogens (tertiary/aromatic N) is 1. The van der Waals surface area contributed by atoms with Gasteiger partial charge in [-0.25, -0.2) is 9.18 Å². The summed E-state index contributed by atoms with van der Waals surface area (Å²) in [7, 11) is -4.22. The minimum atomic E-state index is -4.22. The van der Waals surface area contributed by atoms with E-state index in [1.165, 1.54) is 6.07 Å². The molecule has 0 aliphatic heterocycles. The molecule has 96 valence electrons. The topological polar surface area (TPSA) is 104 Å². The molecule has 0 atom stereocenters. The van der Waals surface area contributed by atoms with Gasteiger partial charge in [-0.15, -0.1) is 0 Å². The normalized spacial score (nSPS) is 10.7. The molecule has 0 unspecified atom stereocenters. The van der Waals surface area contributed by atoms with E-state index in [1.54, 1.807) is 6.07 Å². The van der Waals surface area contributed by atoms with Crippen LogP contribution in [0.5, 0.6) is 0 Å². The first-order chi connectivity index (χ1) is 8.33. The Hall–Kier alpha value is -1.98. The number of hydrogen-bond donors (Lipinski definition) is 1. The van der Waals surface area contributed by atoms with Crippen molar-refractivity contribution in [3.05, 3.63) is 35.1 Å².